The number of rotatable bonds is 4. The average molecular weight is 244 g/mol. The fourth-order valence-electron chi connectivity index (χ4n) is 1.47. The number of benzene rings is 1. The molecule has 92 valence electrons. The normalized spacial score (nSPS) is 10.1. The Morgan fingerprint density at radius 2 is 2.22 bits per heavy atom. The molecule has 0 bridgehead atoms. The summed E-state index contributed by atoms with van der Waals surface area (Å²) in [5, 5.41) is 8.72. The molecule has 0 radical (unpaired) electrons. The predicted octanol–water partition coefficient (Wildman–Crippen LogP) is 2.20. The van der Waals surface area contributed by atoms with E-state index in [1.54, 1.807) is 36.5 Å². The first-order valence-electron chi connectivity index (χ1n) is 5.42. The van der Waals surface area contributed by atoms with E-state index in [2.05, 4.69) is 9.97 Å². The second kappa shape index (κ2) is 5.27. The van der Waals surface area contributed by atoms with Gasteiger partial charge < -0.3 is 9.84 Å². The molecule has 0 aliphatic carbocycles. The second-order valence-corrected chi connectivity index (χ2v) is 3.80. The molecular weight excluding hydrogens is 232 g/mol. The zero-order valence-corrected chi connectivity index (χ0v) is 9.83. The Labute approximate surface area is 104 Å². The Kier molecular flexibility index (Phi) is 3.52. The highest BCUT2D eigenvalue weighted by molar-refractivity contribution is 5.70. The summed E-state index contributed by atoms with van der Waals surface area (Å²) in [6.45, 7) is 1.84. The van der Waals surface area contributed by atoms with Gasteiger partial charge in [-0.25, -0.2) is 9.97 Å². The summed E-state index contributed by atoms with van der Waals surface area (Å²) in [6, 6.07) is 8.90. The van der Waals surface area contributed by atoms with Gasteiger partial charge in [0, 0.05) is 11.9 Å². The van der Waals surface area contributed by atoms with Crippen molar-refractivity contribution in [3.05, 3.63) is 47.8 Å². The third-order valence-electron chi connectivity index (χ3n) is 2.24. The minimum Gasteiger partial charge on any atom is -0.481 e. The molecule has 5 heteroatoms. The lowest BCUT2D eigenvalue weighted by molar-refractivity contribution is -0.136. The Bertz CT molecular complexity index is 570. The van der Waals surface area contributed by atoms with Gasteiger partial charge in [0.1, 0.15) is 5.75 Å². The number of ether oxygens (including phenoxy) is 1. The first-order chi connectivity index (χ1) is 8.63. The molecule has 0 amide bonds. The summed E-state index contributed by atoms with van der Waals surface area (Å²) in [7, 11) is 0. The number of nitrogens with zero attached hydrogens (tertiary/aromatic N) is 2. The highest BCUT2D eigenvalue weighted by Crippen LogP contribution is 2.19. The third kappa shape index (κ3) is 3.28. The standard InChI is InChI=1S/C13H12N2O3/c1-9-5-6-14-13(15-9)18-11-4-2-3-10(7-11)8-12(16)17/h2-7H,8H2,1H3,(H,16,17). The molecule has 0 saturated carbocycles. The highest BCUT2D eigenvalue weighted by Gasteiger charge is 2.04. The molecule has 1 aromatic carbocycles. The smallest absolute Gasteiger partial charge is 0.322 e. The Balaban J connectivity index is 2.16. The molecule has 2 aromatic rings. The maximum atomic E-state index is 10.6. The van der Waals surface area contributed by atoms with Crippen LogP contribution in [0, 0.1) is 6.92 Å². The van der Waals surface area contributed by atoms with Gasteiger partial charge >= 0.3 is 12.0 Å². The van der Waals surface area contributed by atoms with Crippen LogP contribution in [0.25, 0.3) is 0 Å². The SMILES string of the molecule is Cc1ccnc(Oc2cccc(CC(=O)O)c2)n1. The monoisotopic (exact) mass is 244 g/mol. The number of carboxylic acids is 1. The lowest BCUT2D eigenvalue weighted by atomic mass is 10.1. The molecule has 0 atom stereocenters. The van der Waals surface area contributed by atoms with Crippen LogP contribution >= 0.6 is 0 Å². The predicted molar refractivity (Wildman–Crippen MR) is 64.6 cm³/mol. The molecule has 1 heterocycles. The van der Waals surface area contributed by atoms with Crippen molar-refractivity contribution in [3.63, 3.8) is 0 Å². The van der Waals surface area contributed by atoms with Crippen LogP contribution in [0.2, 0.25) is 0 Å². The van der Waals surface area contributed by atoms with Gasteiger partial charge in [-0.2, -0.15) is 0 Å². The molecule has 1 aromatic heterocycles. The zero-order chi connectivity index (χ0) is 13.0. The zero-order valence-electron chi connectivity index (χ0n) is 9.83. The van der Waals surface area contributed by atoms with Gasteiger partial charge in [0.2, 0.25) is 0 Å². The molecule has 0 aliphatic heterocycles. The molecule has 1 N–H and O–H groups in total. The van der Waals surface area contributed by atoms with Gasteiger partial charge in [-0.3, -0.25) is 4.79 Å². The van der Waals surface area contributed by atoms with Gasteiger partial charge in [-0.05, 0) is 30.7 Å². The van der Waals surface area contributed by atoms with Crippen LogP contribution in [0.5, 0.6) is 11.8 Å². The quantitative estimate of drug-likeness (QED) is 0.892. The van der Waals surface area contributed by atoms with Crippen LogP contribution in [0.1, 0.15) is 11.3 Å². The summed E-state index contributed by atoms with van der Waals surface area (Å²) < 4.78 is 5.47. The lowest BCUT2D eigenvalue weighted by Gasteiger charge is -2.05. The first kappa shape index (κ1) is 12.0. The van der Waals surface area contributed by atoms with E-state index in [0.717, 1.165) is 5.69 Å². The van der Waals surface area contributed by atoms with Gasteiger partial charge in [0.05, 0.1) is 6.42 Å². The highest BCUT2D eigenvalue weighted by atomic mass is 16.5. The number of hydrogen-bond donors (Lipinski definition) is 1. The fourth-order valence-corrected chi connectivity index (χ4v) is 1.47. The number of carboxylic acid groups (broad SMARTS) is 1. The molecule has 0 saturated heterocycles. The average Bonchev–Trinajstić information content (AvgIpc) is 2.28. The van der Waals surface area contributed by atoms with E-state index in [1.165, 1.54) is 0 Å². The number of aromatic nitrogens is 2. The van der Waals surface area contributed by atoms with E-state index in [9.17, 15) is 4.79 Å². The molecule has 0 spiro atoms. The van der Waals surface area contributed by atoms with E-state index in [0.29, 0.717) is 11.3 Å². The molecule has 0 fully saturated rings. The topological polar surface area (TPSA) is 72.3 Å². The summed E-state index contributed by atoms with van der Waals surface area (Å²) in [5.41, 5.74) is 1.48. The molecule has 2 rings (SSSR count). The van der Waals surface area contributed by atoms with Crippen molar-refractivity contribution in [1.29, 1.82) is 0 Å². The third-order valence-corrected chi connectivity index (χ3v) is 2.24. The van der Waals surface area contributed by atoms with Crippen molar-refractivity contribution >= 4 is 5.97 Å². The van der Waals surface area contributed by atoms with Gasteiger partial charge in [0.25, 0.3) is 0 Å². The van der Waals surface area contributed by atoms with Gasteiger partial charge in [-0.15, -0.1) is 0 Å². The van der Waals surface area contributed by atoms with E-state index < -0.39 is 5.97 Å². The van der Waals surface area contributed by atoms with E-state index in [-0.39, 0.29) is 12.4 Å². The first-order valence-corrected chi connectivity index (χ1v) is 5.42. The molecule has 0 unspecified atom stereocenters. The van der Waals surface area contributed by atoms with Crippen LogP contribution in [-0.2, 0) is 11.2 Å². The molecule has 0 aliphatic rings. The summed E-state index contributed by atoms with van der Waals surface area (Å²) >= 11 is 0. The second-order valence-electron chi connectivity index (χ2n) is 3.80. The van der Waals surface area contributed by atoms with Gasteiger partial charge in [0.15, 0.2) is 0 Å². The van der Waals surface area contributed by atoms with Crippen molar-refractivity contribution in [1.82, 2.24) is 9.97 Å². The van der Waals surface area contributed by atoms with E-state index in [4.69, 9.17) is 9.84 Å². The minimum atomic E-state index is -0.876. The maximum Gasteiger partial charge on any atom is 0.322 e. The number of aryl methyl sites for hydroxylation is 1. The van der Waals surface area contributed by atoms with Crippen LogP contribution in [0.3, 0.4) is 0 Å². The number of carbonyl (C=O) groups is 1. The van der Waals surface area contributed by atoms with Crippen LogP contribution in [0.15, 0.2) is 36.5 Å². The van der Waals surface area contributed by atoms with Crippen LogP contribution in [-0.4, -0.2) is 21.0 Å². The molecule has 18 heavy (non-hydrogen) atoms. The fraction of sp³-hybridized carbons (Fsp3) is 0.154. The van der Waals surface area contributed by atoms with Crippen molar-refractivity contribution < 1.29 is 14.6 Å². The van der Waals surface area contributed by atoms with Crippen molar-refractivity contribution in [3.8, 4) is 11.8 Å². The maximum absolute atomic E-state index is 10.6. The van der Waals surface area contributed by atoms with E-state index >= 15 is 0 Å². The van der Waals surface area contributed by atoms with Crippen molar-refractivity contribution in [2.24, 2.45) is 0 Å². The lowest BCUT2D eigenvalue weighted by Crippen LogP contribution is -2.00. The summed E-state index contributed by atoms with van der Waals surface area (Å²) in [6.07, 6.45) is 1.57. The Hall–Kier alpha value is -2.43. The van der Waals surface area contributed by atoms with Gasteiger partial charge in [-0.1, -0.05) is 12.1 Å². The van der Waals surface area contributed by atoms with Crippen LogP contribution < -0.4 is 4.74 Å². The van der Waals surface area contributed by atoms with Crippen molar-refractivity contribution in [2.45, 2.75) is 13.3 Å². The largest absolute Gasteiger partial charge is 0.481 e. The Morgan fingerprint density at radius 1 is 1.39 bits per heavy atom. The van der Waals surface area contributed by atoms with Crippen molar-refractivity contribution in [2.75, 3.05) is 0 Å². The van der Waals surface area contributed by atoms with E-state index in [1.807, 2.05) is 6.92 Å². The van der Waals surface area contributed by atoms with Crippen LogP contribution in [0.4, 0.5) is 0 Å². The minimum absolute atomic E-state index is 0.0358. The summed E-state index contributed by atoms with van der Waals surface area (Å²) in [4.78, 5) is 18.7. The molecular formula is C13H12N2O3. The molecule has 5 nitrogen and oxygen atoms in total. The summed E-state index contributed by atoms with van der Waals surface area (Å²) in [5.74, 6) is -0.349. The number of hydrogen-bond acceptors (Lipinski definition) is 4. The Morgan fingerprint density at radius 3 is 2.94 bits per heavy atom. The number of aliphatic carboxylic acids is 1.